The van der Waals surface area contributed by atoms with Crippen molar-refractivity contribution in [1.82, 2.24) is 4.90 Å². The smallest absolute Gasteiger partial charge is 0.314 e. The standard InChI is InChI=1S/C18H25NO3/c1-17(2,3)22-16(21)18(4)12-15(20)19(13-18)11-10-14-8-6-5-7-9-14/h5-9H,10-13H2,1-4H3/t18-/m0/s1. The molecule has 0 N–H and O–H groups in total. The first-order chi connectivity index (χ1) is 10.2. The van der Waals surface area contributed by atoms with Gasteiger partial charge in [-0.3, -0.25) is 9.59 Å². The van der Waals surface area contributed by atoms with Crippen molar-refractivity contribution >= 4 is 11.9 Å². The fourth-order valence-electron chi connectivity index (χ4n) is 2.66. The molecule has 2 rings (SSSR count). The lowest BCUT2D eigenvalue weighted by Gasteiger charge is -2.27. The van der Waals surface area contributed by atoms with Crippen LogP contribution in [0.2, 0.25) is 0 Å². The molecule has 1 aromatic rings. The van der Waals surface area contributed by atoms with Crippen LogP contribution in [0.25, 0.3) is 0 Å². The van der Waals surface area contributed by atoms with Crippen molar-refractivity contribution in [3.05, 3.63) is 35.9 Å². The molecule has 0 unspecified atom stereocenters. The summed E-state index contributed by atoms with van der Waals surface area (Å²) in [6, 6.07) is 10.1. The van der Waals surface area contributed by atoms with Gasteiger partial charge in [-0.15, -0.1) is 0 Å². The van der Waals surface area contributed by atoms with Gasteiger partial charge < -0.3 is 9.64 Å². The highest BCUT2D eigenvalue weighted by Gasteiger charge is 2.47. The van der Waals surface area contributed by atoms with Gasteiger partial charge in [-0.2, -0.15) is 0 Å². The van der Waals surface area contributed by atoms with E-state index in [-0.39, 0.29) is 18.3 Å². The quantitative estimate of drug-likeness (QED) is 0.804. The van der Waals surface area contributed by atoms with E-state index in [4.69, 9.17) is 4.74 Å². The molecule has 4 nitrogen and oxygen atoms in total. The van der Waals surface area contributed by atoms with Crippen LogP contribution in [-0.2, 0) is 20.7 Å². The maximum atomic E-state index is 12.3. The van der Waals surface area contributed by atoms with Crippen LogP contribution in [0.1, 0.15) is 39.7 Å². The summed E-state index contributed by atoms with van der Waals surface area (Å²) in [5, 5.41) is 0. The number of carbonyl (C=O) groups is 2. The number of amides is 1. The van der Waals surface area contributed by atoms with E-state index in [1.807, 2.05) is 58.0 Å². The minimum atomic E-state index is -0.735. The maximum absolute atomic E-state index is 12.3. The molecule has 22 heavy (non-hydrogen) atoms. The van der Waals surface area contributed by atoms with Gasteiger partial charge in [0.25, 0.3) is 0 Å². The lowest BCUT2D eigenvalue weighted by Crippen LogP contribution is -2.38. The van der Waals surface area contributed by atoms with Crippen molar-refractivity contribution in [2.45, 2.75) is 46.1 Å². The van der Waals surface area contributed by atoms with Gasteiger partial charge in [-0.25, -0.2) is 0 Å². The molecule has 1 atom stereocenters. The zero-order valence-electron chi connectivity index (χ0n) is 13.9. The van der Waals surface area contributed by atoms with Crippen molar-refractivity contribution in [3.63, 3.8) is 0 Å². The van der Waals surface area contributed by atoms with Crippen LogP contribution in [0.15, 0.2) is 30.3 Å². The zero-order valence-corrected chi connectivity index (χ0v) is 13.9. The van der Waals surface area contributed by atoms with E-state index in [0.717, 1.165) is 6.42 Å². The van der Waals surface area contributed by atoms with E-state index in [1.54, 1.807) is 4.90 Å². The van der Waals surface area contributed by atoms with Gasteiger partial charge in [0, 0.05) is 19.5 Å². The Hall–Kier alpha value is -1.84. The molecule has 0 aliphatic carbocycles. The van der Waals surface area contributed by atoms with Crippen molar-refractivity contribution in [2.75, 3.05) is 13.1 Å². The lowest BCUT2D eigenvalue weighted by molar-refractivity contribution is -0.166. The minimum Gasteiger partial charge on any atom is -0.459 e. The topological polar surface area (TPSA) is 46.6 Å². The summed E-state index contributed by atoms with van der Waals surface area (Å²) in [7, 11) is 0. The summed E-state index contributed by atoms with van der Waals surface area (Å²) in [6.45, 7) is 8.44. The number of rotatable bonds is 4. The number of carbonyl (C=O) groups excluding carboxylic acids is 2. The summed E-state index contributed by atoms with van der Waals surface area (Å²) < 4.78 is 5.47. The predicted octanol–water partition coefficient (Wildman–Crippen LogP) is 2.81. The Morgan fingerprint density at radius 2 is 1.91 bits per heavy atom. The monoisotopic (exact) mass is 303 g/mol. The van der Waals surface area contributed by atoms with Crippen LogP contribution >= 0.6 is 0 Å². The van der Waals surface area contributed by atoms with E-state index in [0.29, 0.717) is 13.1 Å². The van der Waals surface area contributed by atoms with Crippen molar-refractivity contribution in [2.24, 2.45) is 5.41 Å². The first-order valence-corrected chi connectivity index (χ1v) is 7.75. The fourth-order valence-corrected chi connectivity index (χ4v) is 2.66. The van der Waals surface area contributed by atoms with Crippen LogP contribution in [-0.4, -0.2) is 35.5 Å². The molecular weight excluding hydrogens is 278 g/mol. The third kappa shape index (κ3) is 4.09. The average molecular weight is 303 g/mol. The molecule has 1 fully saturated rings. The predicted molar refractivity (Wildman–Crippen MR) is 85.3 cm³/mol. The van der Waals surface area contributed by atoms with Gasteiger partial charge in [0.15, 0.2) is 0 Å². The van der Waals surface area contributed by atoms with E-state index >= 15 is 0 Å². The van der Waals surface area contributed by atoms with E-state index in [1.165, 1.54) is 5.56 Å². The molecule has 0 aromatic heterocycles. The highest BCUT2D eigenvalue weighted by molar-refractivity contribution is 5.89. The summed E-state index contributed by atoms with van der Waals surface area (Å²) in [5.74, 6) is -0.250. The van der Waals surface area contributed by atoms with E-state index in [2.05, 4.69) is 0 Å². The molecule has 0 bridgehead atoms. The van der Waals surface area contributed by atoms with Crippen LogP contribution in [0.4, 0.5) is 0 Å². The van der Waals surface area contributed by atoms with E-state index in [9.17, 15) is 9.59 Å². The molecule has 1 amide bonds. The van der Waals surface area contributed by atoms with Gasteiger partial charge in [-0.05, 0) is 39.7 Å². The van der Waals surface area contributed by atoms with Gasteiger partial charge in [0.1, 0.15) is 5.60 Å². The highest BCUT2D eigenvalue weighted by atomic mass is 16.6. The third-order valence-corrected chi connectivity index (χ3v) is 3.84. The van der Waals surface area contributed by atoms with Crippen molar-refractivity contribution in [1.29, 1.82) is 0 Å². The molecule has 1 aliphatic heterocycles. The highest BCUT2D eigenvalue weighted by Crippen LogP contribution is 2.33. The molecule has 1 heterocycles. The summed E-state index contributed by atoms with van der Waals surface area (Å²) in [5.41, 5.74) is -0.0667. The molecule has 0 spiro atoms. The number of likely N-dealkylation sites (tertiary alicyclic amines) is 1. The molecule has 0 saturated carbocycles. The van der Waals surface area contributed by atoms with Crippen LogP contribution in [0, 0.1) is 5.41 Å². The summed E-state index contributed by atoms with van der Waals surface area (Å²) >= 11 is 0. The Kier molecular flexibility index (Phi) is 4.59. The minimum absolute atomic E-state index is 0.0318. The van der Waals surface area contributed by atoms with Gasteiger partial charge >= 0.3 is 5.97 Å². The SMILES string of the molecule is CC(C)(C)OC(=O)[C@@]1(C)CC(=O)N(CCc2ccccc2)C1. The summed E-state index contributed by atoms with van der Waals surface area (Å²) in [6.07, 6.45) is 1.04. The number of ether oxygens (including phenoxy) is 1. The number of nitrogens with zero attached hydrogens (tertiary/aromatic N) is 1. The zero-order chi connectivity index (χ0) is 16.4. The van der Waals surface area contributed by atoms with Crippen LogP contribution in [0.5, 0.6) is 0 Å². The Morgan fingerprint density at radius 3 is 2.50 bits per heavy atom. The van der Waals surface area contributed by atoms with Crippen LogP contribution < -0.4 is 0 Å². The Labute approximate surface area is 132 Å². The number of hydrogen-bond acceptors (Lipinski definition) is 3. The van der Waals surface area contributed by atoms with Crippen molar-refractivity contribution in [3.8, 4) is 0 Å². The molecule has 1 aromatic carbocycles. The second-order valence-electron chi connectivity index (χ2n) is 7.29. The first kappa shape index (κ1) is 16.5. The Morgan fingerprint density at radius 1 is 1.27 bits per heavy atom. The van der Waals surface area contributed by atoms with E-state index < -0.39 is 11.0 Å². The number of esters is 1. The first-order valence-electron chi connectivity index (χ1n) is 7.75. The second kappa shape index (κ2) is 6.11. The van der Waals surface area contributed by atoms with Gasteiger partial charge in [-0.1, -0.05) is 30.3 Å². The average Bonchev–Trinajstić information content (AvgIpc) is 2.72. The summed E-state index contributed by atoms with van der Waals surface area (Å²) in [4.78, 5) is 26.3. The molecular formula is C18H25NO3. The lowest BCUT2D eigenvalue weighted by atomic mass is 9.89. The maximum Gasteiger partial charge on any atom is 0.314 e. The molecule has 1 aliphatic rings. The Balaban J connectivity index is 1.96. The number of benzene rings is 1. The van der Waals surface area contributed by atoms with Crippen LogP contribution in [0.3, 0.4) is 0 Å². The molecule has 120 valence electrons. The third-order valence-electron chi connectivity index (χ3n) is 3.84. The van der Waals surface area contributed by atoms with Crippen molar-refractivity contribution < 1.29 is 14.3 Å². The second-order valence-corrected chi connectivity index (χ2v) is 7.29. The normalized spacial score (nSPS) is 22.0. The Bertz CT molecular complexity index is 547. The molecule has 4 heteroatoms. The largest absolute Gasteiger partial charge is 0.459 e. The fraction of sp³-hybridized carbons (Fsp3) is 0.556. The molecule has 0 radical (unpaired) electrons. The van der Waals surface area contributed by atoms with Gasteiger partial charge in [0.2, 0.25) is 5.91 Å². The number of hydrogen-bond donors (Lipinski definition) is 0. The molecule has 1 saturated heterocycles. The van der Waals surface area contributed by atoms with Gasteiger partial charge in [0.05, 0.1) is 5.41 Å².